The van der Waals surface area contributed by atoms with Crippen molar-refractivity contribution in [2.45, 2.75) is 26.0 Å². The Labute approximate surface area is 167 Å². The third-order valence-corrected chi connectivity index (χ3v) is 4.40. The van der Waals surface area contributed by atoms with Crippen LogP contribution in [0.1, 0.15) is 24.0 Å². The second-order valence-electron chi connectivity index (χ2n) is 5.89. The van der Waals surface area contributed by atoms with Crippen LogP contribution in [0.3, 0.4) is 0 Å². The van der Waals surface area contributed by atoms with E-state index in [0.717, 1.165) is 31.9 Å². The summed E-state index contributed by atoms with van der Waals surface area (Å²) in [5.74, 6) is 0.767. The molecule has 0 amide bonds. The minimum atomic E-state index is -0.105. The van der Waals surface area contributed by atoms with Crippen LogP contribution < -0.4 is 5.32 Å². The second kappa shape index (κ2) is 11.3. The Morgan fingerprint density at radius 3 is 2.44 bits per heavy atom. The summed E-state index contributed by atoms with van der Waals surface area (Å²) in [5, 5.41) is 3.42. The van der Waals surface area contributed by atoms with Crippen LogP contribution in [0, 0.1) is 5.92 Å². The standard InChI is InChI=1S/C18H27N3O3.HI/c1-19-18(21-10-8-14(9-11-21)17(22)24-3)20-12-15-6-4-5-7-16(15)13-23-2;/h4-7,14H,8-13H2,1-3H3,(H,19,20);1H. The van der Waals surface area contributed by atoms with E-state index >= 15 is 0 Å². The molecule has 0 unspecified atom stereocenters. The van der Waals surface area contributed by atoms with Gasteiger partial charge in [-0.3, -0.25) is 9.79 Å². The Morgan fingerprint density at radius 2 is 1.88 bits per heavy atom. The van der Waals surface area contributed by atoms with E-state index in [0.29, 0.717) is 13.2 Å². The first-order valence-electron chi connectivity index (χ1n) is 8.28. The number of guanidine groups is 1. The number of aliphatic imine (C=N–C) groups is 1. The maximum absolute atomic E-state index is 11.6. The molecule has 0 aliphatic carbocycles. The van der Waals surface area contributed by atoms with Crippen LogP contribution in [0.2, 0.25) is 0 Å². The summed E-state index contributed by atoms with van der Waals surface area (Å²) in [5.41, 5.74) is 2.37. The number of esters is 1. The topological polar surface area (TPSA) is 63.2 Å². The van der Waals surface area contributed by atoms with Gasteiger partial charge in [0.2, 0.25) is 0 Å². The molecule has 1 aromatic carbocycles. The molecule has 1 aliphatic rings. The maximum atomic E-state index is 11.6. The molecule has 140 valence electrons. The van der Waals surface area contributed by atoms with Crippen molar-refractivity contribution < 1.29 is 14.3 Å². The van der Waals surface area contributed by atoms with Crippen molar-refractivity contribution in [1.82, 2.24) is 10.2 Å². The molecular formula is C18H28IN3O3. The lowest BCUT2D eigenvalue weighted by molar-refractivity contribution is -0.146. The summed E-state index contributed by atoms with van der Waals surface area (Å²) in [4.78, 5) is 18.2. The average Bonchev–Trinajstić information content (AvgIpc) is 2.63. The Balaban J connectivity index is 0.00000312. The fraction of sp³-hybridized carbons (Fsp3) is 0.556. The summed E-state index contributed by atoms with van der Waals surface area (Å²) in [6.07, 6.45) is 1.60. The van der Waals surface area contributed by atoms with E-state index in [9.17, 15) is 4.79 Å². The molecule has 25 heavy (non-hydrogen) atoms. The highest BCUT2D eigenvalue weighted by Crippen LogP contribution is 2.18. The molecule has 1 aliphatic heterocycles. The van der Waals surface area contributed by atoms with Crippen molar-refractivity contribution >= 4 is 35.9 Å². The van der Waals surface area contributed by atoms with E-state index < -0.39 is 0 Å². The number of carbonyl (C=O) groups is 1. The number of hydrogen-bond acceptors (Lipinski definition) is 4. The number of carbonyl (C=O) groups excluding carboxylic acids is 1. The van der Waals surface area contributed by atoms with E-state index in [1.807, 2.05) is 12.1 Å². The van der Waals surface area contributed by atoms with Crippen molar-refractivity contribution in [1.29, 1.82) is 0 Å². The number of benzene rings is 1. The molecule has 0 spiro atoms. The molecule has 0 bridgehead atoms. The van der Waals surface area contributed by atoms with E-state index in [1.165, 1.54) is 18.2 Å². The lowest BCUT2D eigenvalue weighted by Crippen LogP contribution is -2.46. The van der Waals surface area contributed by atoms with E-state index in [4.69, 9.17) is 9.47 Å². The molecule has 1 N–H and O–H groups in total. The van der Waals surface area contributed by atoms with E-state index in [-0.39, 0.29) is 35.9 Å². The van der Waals surface area contributed by atoms with Crippen LogP contribution in [0.5, 0.6) is 0 Å². The lowest BCUT2D eigenvalue weighted by atomic mass is 9.97. The number of halogens is 1. The molecular weight excluding hydrogens is 433 g/mol. The molecule has 0 aromatic heterocycles. The number of hydrogen-bond donors (Lipinski definition) is 1. The molecule has 1 heterocycles. The van der Waals surface area contributed by atoms with Gasteiger partial charge in [-0.2, -0.15) is 0 Å². The highest BCUT2D eigenvalue weighted by Gasteiger charge is 2.26. The van der Waals surface area contributed by atoms with Crippen molar-refractivity contribution in [3.63, 3.8) is 0 Å². The first-order chi connectivity index (χ1) is 11.7. The SMILES string of the molecule is CN=C(NCc1ccccc1COC)N1CCC(C(=O)OC)CC1.I. The summed E-state index contributed by atoms with van der Waals surface area (Å²) in [6, 6.07) is 8.22. The van der Waals surface area contributed by atoms with Gasteiger partial charge >= 0.3 is 5.97 Å². The molecule has 0 atom stereocenters. The normalized spacial score (nSPS) is 15.5. The van der Waals surface area contributed by atoms with Gasteiger partial charge in [-0.1, -0.05) is 24.3 Å². The van der Waals surface area contributed by atoms with Gasteiger partial charge < -0.3 is 19.7 Å². The highest BCUT2D eigenvalue weighted by molar-refractivity contribution is 14.0. The van der Waals surface area contributed by atoms with Gasteiger partial charge in [-0.15, -0.1) is 24.0 Å². The molecule has 1 fully saturated rings. The zero-order chi connectivity index (χ0) is 17.4. The van der Waals surface area contributed by atoms with Gasteiger partial charge in [-0.05, 0) is 24.0 Å². The number of likely N-dealkylation sites (tertiary alicyclic amines) is 1. The predicted octanol–water partition coefficient (Wildman–Crippen LogP) is 2.41. The molecule has 7 heteroatoms. The highest BCUT2D eigenvalue weighted by atomic mass is 127. The number of methoxy groups -OCH3 is 2. The number of nitrogens with one attached hydrogen (secondary N) is 1. The van der Waals surface area contributed by atoms with Gasteiger partial charge in [0, 0.05) is 33.8 Å². The molecule has 1 aromatic rings. The van der Waals surface area contributed by atoms with Crippen LogP contribution in [0.4, 0.5) is 0 Å². The second-order valence-corrected chi connectivity index (χ2v) is 5.89. The lowest BCUT2D eigenvalue weighted by Gasteiger charge is -2.33. The van der Waals surface area contributed by atoms with Gasteiger partial charge in [0.15, 0.2) is 5.96 Å². The fourth-order valence-electron chi connectivity index (χ4n) is 3.03. The minimum Gasteiger partial charge on any atom is -0.469 e. The monoisotopic (exact) mass is 461 g/mol. The Bertz CT molecular complexity index is 572. The van der Waals surface area contributed by atoms with E-state index in [2.05, 4.69) is 27.3 Å². The smallest absolute Gasteiger partial charge is 0.308 e. The van der Waals surface area contributed by atoms with Crippen molar-refractivity contribution in [3.05, 3.63) is 35.4 Å². The molecule has 0 radical (unpaired) electrons. The summed E-state index contributed by atoms with van der Waals surface area (Å²) in [6.45, 7) is 2.91. The quantitative estimate of drug-likeness (QED) is 0.316. The number of nitrogens with zero attached hydrogens (tertiary/aromatic N) is 2. The van der Waals surface area contributed by atoms with Crippen molar-refractivity contribution in [2.75, 3.05) is 34.4 Å². The Morgan fingerprint density at radius 1 is 1.24 bits per heavy atom. The first-order valence-corrected chi connectivity index (χ1v) is 8.28. The van der Waals surface area contributed by atoms with Crippen LogP contribution in [-0.4, -0.2) is 51.2 Å². The summed E-state index contributed by atoms with van der Waals surface area (Å²) < 4.78 is 10.1. The molecule has 2 rings (SSSR count). The zero-order valence-corrected chi connectivity index (χ0v) is 17.5. The largest absolute Gasteiger partial charge is 0.469 e. The number of piperidine rings is 1. The van der Waals surface area contributed by atoms with Gasteiger partial charge in [0.1, 0.15) is 0 Å². The van der Waals surface area contributed by atoms with Crippen LogP contribution in [-0.2, 0) is 27.4 Å². The fourth-order valence-corrected chi connectivity index (χ4v) is 3.03. The van der Waals surface area contributed by atoms with Gasteiger partial charge in [0.25, 0.3) is 0 Å². The third-order valence-electron chi connectivity index (χ3n) is 4.40. The molecule has 1 saturated heterocycles. The summed E-state index contributed by atoms with van der Waals surface area (Å²) >= 11 is 0. The predicted molar refractivity (Wildman–Crippen MR) is 109 cm³/mol. The van der Waals surface area contributed by atoms with Crippen molar-refractivity contribution in [2.24, 2.45) is 10.9 Å². The average molecular weight is 461 g/mol. The molecule has 6 nitrogen and oxygen atoms in total. The van der Waals surface area contributed by atoms with Gasteiger partial charge in [-0.25, -0.2) is 0 Å². The Kier molecular flexibility index (Phi) is 9.81. The Hall–Kier alpha value is -1.35. The number of rotatable bonds is 5. The maximum Gasteiger partial charge on any atom is 0.308 e. The number of ether oxygens (including phenoxy) is 2. The first kappa shape index (κ1) is 21.7. The van der Waals surface area contributed by atoms with Gasteiger partial charge in [0.05, 0.1) is 19.6 Å². The zero-order valence-electron chi connectivity index (χ0n) is 15.2. The van der Waals surface area contributed by atoms with Crippen molar-refractivity contribution in [3.8, 4) is 0 Å². The summed E-state index contributed by atoms with van der Waals surface area (Å²) in [7, 11) is 4.94. The van der Waals surface area contributed by atoms with E-state index in [1.54, 1.807) is 14.2 Å². The molecule has 0 saturated carbocycles. The van der Waals surface area contributed by atoms with Crippen LogP contribution >= 0.6 is 24.0 Å². The third kappa shape index (κ3) is 6.14. The minimum absolute atomic E-state index is 0. The van der Waals surface area contributed by atoms with Crippen LogP contribution in [0.25, 0.3) is 0 Å². The van der Waals surface area contributed by atoms with Crippen LogP contribution in [0.15, 0.2) is 29.3 Å².